The SMILES string of the molecule is CN=C(NCCNC(=O)c1cccc(Br)c1)N1CCCC(C)C1. The van der Waals surface area contributed by atoms with Gasteiger partial charge in [0.25, 0.3) is 5.91 Å². The number of hydrogen-bond donors (Lipinski definition) is 2. The predicted molar refractivity (Wildman–Crippen MR) is 97.8 cm³/mol. The molecule has 23 heavy (non-hydrogen) atoms. The highest BCUT2D eigenvalue weighted by Gasteiger charge is 2.18. The summed E-state index contributed by atoms with van der Waals surface area (Å²) in [6.45, 7) is 5.60. The average Bonchev–Trinajstić information content (AvgIpc) is 2.54. The van der Waals surface area contributed by atoms with Crippen LogP contribution in [0.5, 0.6) is 0 Å². The van der Waals surface area contributed by atoms with E-state index in [-0.39, 0.29) is 5.91 Å². The number of aliphatic imine (C=N–C) groups is 1. The van der Waals surface area contributed by atoms with Gasteiger partial charge in [0.2, 0.25) is 0 Å². The maximum Gasteiger partial charge on any atom is 0.251 e. The Morgan fingerprint density at radius 1 is 1.39 bits per heavy atom. The molecule has 0 saturated carbocycles. The fourth-order valence-corrected chi connectivity index (χ4v) is 3.20. The van der Waals surface area contributed by atoms with Crippen molar-refractivity contribution in [3.8, 4) is 0 Å². The third-order valence-corrected chi connectivity index (χ3v) is 4.44. The molecule has 2 N–H and O–H groups in total. The number of hydrogen-bond acceptors (Lipinski definition) is 2. The van der Waals surface area contributed by atoms with Gasteiger partial charge in [-0.05, 0) is 37.0 Å². The van der Waals surface area contributed by atoms with Gasteiger partial charge < -0.3 is 15.5 Å². The van der Waals surface area contributed by atoms with Gasteiger partial charge in [0.05, 0.1) is 0 Å². The number of amides is 1. The van der Waals surface area contributed by atoms with E-state index in [0.717, 1.165) is 23.5 Å². The molecule has 1 aromatic rings. The topological polar surface area (TPSA) is 56.7 Å². The first-order valence-corrected chi connectivity index (χ1v) is 8.89. The van der Waals surface area contributed by atoms with Gasteiger partial charge in [-0.15, -0.1) is 0 Å². The summed E-state index contributed by atoms with van der Waals surface area (Å²) in [5.74, 6) is 1.57. The van der Waals surface area contributed by atoms with Crippen LogP contribution in [0.2, 0.25) is 0 Å². The van der Waals surface area contributed by atoms with Gasteiger partial charge in [0, 0.05) is 43.3 Å². The lowest BCUT2D eigenvalue weighted by Crippen LogP contribution is -2.47. The van der Waals surface area contributed by atoms with Gasteiger partial charge in [-0.1, -0.05) is 28.9 Å². The molecule has 0 radical (unpaired) electrons. The highest BCUT2D eigenvalue weighted by atomic mass is 79.9. The van der Waals surface area contributed by atoms with E-state index >= 15 is 0 Å². The molecule has 5 nitrogen and oxygen atoms in total. The fourth-order valence-electron chi connectivity index (χ4n) is 2.80. The number of carbonyl (C=O) groups is 1. The Morgan fingerprint density at radius 3 is 2.87 bits per heavy atom. The maximum atomic E-state index is 12.1. The van der Waals surface area contributed by atoms with Crippen molar-refractivity contribution < 1.29 is 4.79 Å². The van der Waals surface area contributed by atoms with Crippen molar-refractivity contribution in [1.82, 2.24) is 15.5 Å². The molecule has 1 amide bonds. The van der Waals surface area contributed by atoms with Crippen LogP contribution in [0.3, 0.4) is 0 Å². The van der Waals surface area contributed by atoms with Crippen LogP contribution in [0.1, 0.15) is 30.1 Å². The lowest BCUT2D eigenvalue weighted by Gasteiger charge is -2.33. The maximum absolute atomic E-state index is 12.1. The predicted octanol–water partition coefficient (Wildman–Crippen LogP) is 2.49. The van der Waals surface area contributed by atoms with E-state index in [2.05, 4.69) is 43.4 Å². The van der Waals surface area contributed by atoms with Gasteiger partial charge in [-0.25, -0.2) is 0 Å². The minimum Gasteiger partial charge on any atom is -0.354 e. The van der Waals surface area contributed by atoms with Crippen LogP contribution < -0.4 is 10.6 Å². The molecule has 1 unspecified atom stereocenters. The summed E-state index contributed by atoms with van der Waals surface area (Å²) < 4.78 is 0.905. The first-order chi connectivity index (χ1) is 11.1. The van der Waals surface area contributed by atoms with Crippen LogP contribution in [0.15, 0.2) is 33.7 Å². The normalized spacial score (nSPS) is 18.7. The van der Waals surface area contributed by atoms with Crippen LogP contribution in [-0.4, -0.2) is 50.0 Å². The average molecular weight is 381 g/mol. The summed E-state index contributed by atoms with van der Waals surface area (Å²) in [7, 11) is 1.81. The minimum absolute atomic E-state index is 0.0605. The molecule has 1 aromatic carbocycles. The van der Waals surface area contributed by atoms with Gasteiger partial charge in [-0.2, -0.15) is 0 Å². The Bertz CT molecular complexity index is 561. The quantitative estimate of drug-likeness (QED) is 0.479. The molecular formula is C17H25BrN4O. The molecule has 126 valence electrons. The molecule has 0 bridgehead atoms. The van der Waals surface area contributed by atoms with E-state index in [1.54, 1.807) is 0 Å². The second-order valence-corrected chi connectivity index (χ2v) is 6.85. The number of carbonyl (C=O) groups excluding carboxylic acids is 1. The van der Waals surface area contributed by atoms with Crippen LogP contribution >= 0.6 is 15.9 Å². The van der Waals surface area contributed by atoms with Crippen LogP contribution in [0.4, 0.5) is 0 Å². The number of piperidine rings is 1. The van der Waals surface area contributed by atoms with E-state index in [0.29, 0.717) is 24.6 Å². The highest BCUT2D eigenvalue weighted by molar-refractivity contribution is 9.10. The molecule has 1 heterocycles. The van der Waals surface area contributed by atoms with E-state index in [9.17, 15) is 4.79 Å². The van der Waals surface area contributed by atoms with Crippen LogP contribution in [-0.2, 0) is 0 Å². The molecule has 1 aliphatic heterocycles. The molecule has 1 saturated heterocycles. The fraction of sp³-hybridized carbons (Fsp3) is 0.529. The summed E-state index contributed by atoms with van der Waals surface area (Å²) >= 11 is 3.38. The van der Waals surface area contributed by atoms with Gasteiger partial charge >= 0.3 is 0 Å². The molecule has 6 heteroatoms. The Morgan fingerprint density at radius 2 is 2.17 bits per heavy atom. The monoisotopic (exact) mass is 380 g/mol. The van der Waals surface area contributed by atoms with Crippen molar-refractivity contribution in [3.63, 3.8) is 0 Å². The van der Waals surface area contributed by atoms with Crippen LogP contribution in [0, 0.1) is 5.92 Å². The van der Waals surface area contributed by atoms with E-state index in [4.69, 9.17) is 0 Å². The van der Waals surface area contributed by atoms with Crippen molar-refractivity contribution in [3.05, 3.63) is 34.3 Å². The number of nitrogens with one attached hydrogen (secondary N) is 2. The largest absolute Gasteiger partial charge is 0.354 e. The van der Waals surface area contributed by atoms with E-state index < -0.39 is 0 Å². The second-order valence-electron chi connectivity index (χ2n) is 5.93. The van der Waals surface area contributed by atoms with E-state index in [1.165, 1.54) is 12.8 Å². The van der Waals surface area contributed by atoms with Crippen molar-refractivity contribution in [2.75, 3.05) is 33.2 Å². The summed E-state index contributed by atoms with van der Waals surface area (Å²) in [5.41, 5.74) is 0.661. The van der Waals surface area contributed by atoms with Crippen molar-refractivity contribution >= 4 is 27.8 Å². The number of guanidine groups is 1. The standard InChI is InChI=1S/C17H25BrN4O/c1-13-5-4-10-22(12-13)17(19-2)21-9-8-20-16(23)14-6-3-7-15(18)11-14/h3,6-7,11,13H,4-5,8-10,12H2,1-2H3,(H,19,21)(H,20,23). The van der Waals surface area contributed by atoms with Crippen LogP contribution in [0.25, 0.3) is 0 Å². The molecule has 0 aliphatic carbocycles. The van der Waals surface area contributed by atoms with Crippen molar-refractivity contribution in [2.45, 2.75) is 19.8 Å². The lowest BCUT2D eigenvalue weighted by molar-refractivity contribution is 0.0954. The zero-order valence-corrected chi connectivity index (χ0v) is 15.4. The van der Waals surface area contributed by atoms with Crippen molar-refractivity contribution in [2.24, 2.45) is 10.9 Å². The van der Waals surface area contributed by atoms with Crippen molar-refractivity contribution in [1.29, 1.82) is 0 Å². The molecule has 0 aromatic heterocycles. The molecule has 1 atom stereocenters. The lowest BCUT2D eigenvalue weighted by atomic mass is 10.0. The number of nitrogens with zero attached hydrogens (tertiary/aromatic N) is 2. The molecule has 1 fully saturated rings. The number of benzene rings is 1. The number of likely N-dealkylation sites (tertiary alicyclic amines) is 1. The third-order valence-electron chi connectivity index (χ3n) is 3.95. The molecule has 1 aliphatic rings. The highest BCUT2D eigenvalue weighted by Crippen LogP contribution is 2.15. The third kappa shape index (κ3) is 5.53. The van der Waals surface area contributed by atoms with Gasteiger partial charge in [0.1, 0.15) is 0 Å². The smallest absolute Gasteiger partial charge is 0.251 e. The minimum atomic E-state index is -0.0605. The Kier molecular flexibility index (Phi) is 6.89. The Balaban J connectivity index is 1.74. The summed E-state index contributed by atoms with van der Waals surface area (Å²) in [6, 6.07) is 7.39. The Labute approximate surface area is 146 Å². The molecular weight excluding hydrogens is 356 g/mol. The second kappa shape index (κ2) is 8.91. The summed E-state index contributed by atoms with van der Waals surface area (Å²) in [4.78, 5) is 18.7. The zero-order chi connectivity index (χ0) is 16.7. The summed E-state index contributed by atoms with van der Waals surface area (Å²) in [6.07, 6.45) is 2.50. The Hall–Kier alpha value is -1.56. The van der Waals surface area contributed by atoms with Gasteiger partial charge in [0.15, 0.2) is 5.96 Å². The summed E-state index contributed by atoms with van der Waals surface area (Å²) in [5, 5.41) is 6.25. The van der Waals surface area contributed by atoms with Gasteiger partial charge in [-0.3, -0.25) is 9.79 Å². The first-order valence-electron chi connectivity index (χ1n) is 8.09. The van der Waals surface area contributed by atoms with E-state index in [1.807, 2.05) is 31.3 Å². The molecule has 2 rings (SSSR count). The molecule has 0 spiro atoms. The number of rotatable bonds is 4. The zero-order valence-electron chi connectivity index (χ0n) is 13.8. The number of halogens is 1. The first kappa shape index (κ1) is 17.8.